The number of hydrogen-bond donors (Lipinski definition) is 1. The van der Waals surface area contributed by atoms with E-state index in [4.69, 9.17) is 14.2 Å². The van der Waals surface area contributed by atoms with Gasteiger partial charge >= 0.3 is 0 Å². The summed E-state index contributed by atoms with van der Waals surface area (Å²) < 4.78 is 15.8. The van der Waals surface area contributed by atoms with Gasteiger partial charge in [-0.15, -0.1) is 11.3 Å². The summed E-state index contributed by atoms with van der Waals surface area (Å²) in [6.45, 7) is 0.317. The van der Waals surface area contributed by atoms with Crippen molar-refractivity contribution in [2.24, 2.45) is 0 Å². The van der Waals surface area contributed by atoms with Gasteiger partial charge in [0.15, 0.2) is 11.5 Å². The molecule has 0 aliphatic rings. The van der Waals surface area contributed by atoms with Gasteiger partial charge in [0.25, 0.3) is 5.91 Å². The van der Waals surface area contributed by atoms with E-state index >= 15 is 0 Å². The van der Waals surface area contributed by atoms with Crippen molar-refractivity contribution in [3.05, 3.63) is 53.3 Å². The number of nitrogens with one attached hydrogen (secondary N) is 1. The number of hydrogen-bond acceptors (Lipinski definition) is 7. The van der Waals surface area contributed by atoms with Crippen LogP contribution in [-0.2, 0) is 6.54 Å². The van der Waals surface area contributed by atoms with E-state index in [-0.39, 0.29) is 5.91 Å². The molecule has 0 fully saturated rings. The minimum atomic E-state index is -0.257. The van der Waals surface area contributed by atoms with E-state index in [0.29, 0.717) is 29.4 Å². The molecule has 7 nitrogen and oxygen atoms in total. The number of methoxy groups -OCH3 is 3. The number of carbonyl (C=O) groups is 1. The standard InChI is InChI=1S/C19H19N3O4S/c1-24-15-8-13(9-16(25-2)17(15)26-3)18(23)21-10-14-11-27-19(22-14)12-4-6-20-7-5-12/h4-9,11H,10H2,1-3H3,(H,21,23). The fourth-order valence-corrected chi connectivity index (χ4v) is 3.33. The SMILES string of the molecule is COc1cc(C(=O)NCc2csc(-c3ccncc3)n2)cc(OC)c1OC. The zero-order chi connectivity index (χ0) is 19.2. The normalized spacial score (nSPS) is 10.3. The number of nitrogens with zero attached hydrogens (tertiary/aromatic N) is 2. The fourth-order valence-electron chi connectivity index (χ4n) is 2.50. The molecule has 0 spiro atoms. The Morgan fingerprint density at radius 3 is 2.33 bits per heavy atom. The topological polar surface area (TPSA) is 82.6 Å². The van der Waals surface area contributed by atoms with Crippen molar-refractivity contribution in [1.82, 2.24) is 15.3 Å². The maximum atomic E-state index is 12.5. The molecule has 27 heavy (non-hydrogen) atoms. The van der Waals surface area contributed by atoms with Crippen LogP contribution in [0.4, 0.5) is 0 Å². The molecule has 1 amide bonds. The van der Waals surface area contributed by atoms with Gasteiger partial charge in [0.1, 0.15) is 5.01 Å². The highest BCUT2D eigenvalue weighted by molar-refractivity contribution is 7.13. The summed E-state index contributed by atoms with van der Waals surface area (Å²) in [5.74, 6) is 1.04. The van der Waals surface area contributed by atoms with Gasteiger partial charge in [-0.3, -0.25) is 9.78 Å². The maximum Gasteiger partial charge on any atom is 0.251 e. The molecular weight excluding hydrogens is 366 g/mol. The molecule has 2 aromatic heterocycles. The van der Waals surface area contributed by atoms with Crippen molar-refractivity contribution in [2.75, 3.05) is 21.3 Å². The lowest BCUT2D eigenvalue weighted by atomic mass is 10.1. The second-order valence-corrected chi connectivity index (χ2v) is 6.33. The second kappa shape index (κ2) is 8.50. The molecule has 0 radical (unpaired) electrons. The van der Waals surface area contributed by atoms with Gasteiger partial charge in [-0.1, -0.05) is 0 Å². The summed E-state index contributed by atoms with van der Waals surface area (Å²) >= 11 is 1.52. The van der Waals surface area contributed by atoms with Crippen LogP contribution in [0.2, 0.25) is 0 Å². The van der Waals surface area contributed by atoms with E-state index in [1.807, 2.05) is 17.5 Å². The Balaban J connectivity index is 1.72. The van der Waals surface area contributed by atoms with Gasteiger partial charge in [0.05, 0.1) is 33.6 Å². The van der Waals surface area contributed by atoms with Crippen LogP contribution in [0.1, 0.15) is 16.1 Å². The quantitative estimate of drug-likeness (QED) is 0.673. The van der Waals surface area contributed by atoms with E-state index in [9.17, 15) is 4.79 Å². The highest BCUT2D eigenvalue weighted by Gasteiger charge is 2.17. The van der Waals surface area contributed by atoms with Gasteiger partial charge in [0.2, 0.25) is 5.75 Å². The largest absolute Gasteiger partial charge is 0.493 e. The van der Waals surface area contributed by atoms with Crippen LogP contribution in [0.5, 0.6) is 17.2 Å². The Morgan fingerprint density at radius 1 is 1.07 bits per heavy atom. The summed E-state index contributed by atoms with van der Waals surface area (Å²) in [6.07, 6.45) is 3.45. The zero-order valence-corrected chi connectivity index (χ0v) is 16.0. The number of rotatable bonds is 7. The summed E-state index contributed by atoms with van der Waals surface area (Å²) in [7, 11) is 4.53. The predicted molar refractivity (Wildman–Crippen MR) is 103 cm³/mol. The Labute approximate surface area is 161 Å². The molecule has 1 N–H and O–H groups in total. The van der Waals surface area contributed by atoms with E-state index < -0.39 is 0 Å². The summed E-state index contributed by atoms with van der Waals surface area (Å²) in [6, 6.07) is 7.02. The average Bonchev–Trinajstić information content (AvgIpc) is 3.20. The van der Waals surface area contributed by atoms with Crippen LogP contribution in [0.3, 0.4) is 0 Å². The Hall–Kier alpha value is -3.13. The van der Waals surface area contributed by atoms with Gasteiger partial charge in [0, 0.05) is 28.9 Å². The number of aromatic nitrogens is 2. The van der Waals surface area contributed by atoms with E-state index in [1.165, 1.54) is 32.7 Å². The Kier molecular flexibility index (Phi) is 5.87. The first-order chi connectivity index (χ1) is 13.2. The van der Waals surface area contributed by atoms with Crippen molar-refractivity contribution in [2.45, 2.75) is 6.54 Å². The fraction of sp³-hybridized carbons (Fsp3) is 0.211. The minimum Gasteiger partial charge on any atom is -0.493 e. The first-order valence-corrected chi connectivity index (χ1v) is 8.97. The van der Waals surface area contributed by atoms with Crippen LogP contribution in [0.15, 0.2) is 42.0 Å². The van der Waals surface area contributed by atoms with Crippen molar-refractivity contribution in [1.29, 1.82) is 0 Å². The third-order valence-corrected chi connectivity index (χ3v) is 4.78. The first kappa shape index (κ1) is 18.7. The monoisotopic (exact) mass is 385 g/mol. The molecule has 0 saturated carbocycles. The molecule has 0 saturated heterocycles. The maximum absolute atomic E-state index is 12.5. The van der Waals surface area contributed by atoms with Crippen LogP contribution < -0.4 is 19.5 Å². The Morgan fingerprint density at radius 2 is 1.74 bits per heavy atom. The molecule has 3 aromatic rings. The van der Waals surface area contributed by atoms with Crippen molar-refractivity contribution < 1.29 is 19.0 Å². The third kappa shape index (κ3) is 4.17. The van der Waals surface area contributed by atoms with Gasteiger partial charge in [-0.25, -0.2) is 4.98 Å². The molecular formula is C19H19N3O4S. The van der Waals surface area contributed by atoms with Crippen LogP contribution >= 0.6 is 11.3 Å². The smallest absolute Gasteiger partial charge is 0.251 e. The molecule has 1 aromatic carbocycles. The van der Waals surface area contributed by atoms with Crippen LogP contribution in [0.25, 0.3) is 10.6 Å². The molecule has 2 heterocycles. The second-order valence-electron chi connectivity index (χ2n) is 5.48. The highest BCUT2D eigenvalue weighted by Crippen LogP contribution is 2.38. The number of carbonyl (C=O) groups excluding carboxylic acids is 1. The number of thiazole rings is 1. The molecule has 0 aliphatic heterocycles. The van der Waals surface area contributed by atoms with Crippen molar-refractivity contribution in [3.63, 3.8) is 0 Å². The molecule has 3 rings (SSSR count). The summed E-state index contributed by atoms with van der Waals surface area (Å²) in [4.78, 5) is 21.1. The summed E-state index contributed by atoms with van der Waals surface area (Å²) in [5, 5.41) is 5.67. The van der Waals surface area contributed by atoms with E-state index in [2.05, 4.69) is 15.3 Å². The molecule has 0 atom stereocenters. The lowest BCUT2D eigenvalue weighted by Crippen LogP contribution is -2.23. The van der Waals surface area contributed by atoms with Gasteiger partial charge < -0.3 is 19.5 Å². The van der Waals surface area contributed by atoms with Gasteiger partial charge in [-0.2, -0.15) is 0 Å². The zero-order valence-electron chi connectivity index (χ0n) is 15.2. The van der Waals surface area contributed by atoms with Crippen molar-refractivity contribution in [3.8, 4) is 27.8 Å². The molecule has 0 bridgehead atoms. The first-order valence-electron chi connectivity index (χ1n) is 8.09. The lowest BCUT2D eigenvalue weighted by molar-refractivity contribution is 0.0949. The lowest BCUT2D eigenvalue weighted by Gasteiger charge is -2.13. The molecule has 0 unspecified atom stereocenters. The van der Waals surface area contributed by atoms with Crippen LogP contribution in [0, 0.1) is 0 Å². The minimum absolute atomic E-state index is 0.257. The number of benzene rings is 1. The van der Waals surface area contributed by atoms with Crippen molar-refractivity contribution >= 4 is 17.2 Å². The Bertz CT molecular complexity index is 903. The van der Waals surface area contributed by atoms with E-state index in [1.54, 1.807) is 24.5 Å². The molecule has 0 aliphatic carbocycles. The molecule has 140 valence electrons. The van der Waals surface area contributed by atoms with E-state index in [0.717, 1.165) is 16.3 Å². The highest BCUT2D eigenvalue weighted by atomic mass is 32.1. The average molecular weight is 385 g/mol. The third-order valence-electron chi connectivity index (χ3n) is 3.84. The number of amides is 1. The number of pyridine rings is 1. The molecule has 8 heteroatoms. The van der Waals surface area contributed by atoms with Gasteiger partial charge in [-0.05, 0) is 24.3 Å². The number of ether oxygens (including phenoxy) is 3. The summed E-state index contributed by atoms with van der Waals surface area (Å²) in [5.41, 5.74) is 2.19. The predicted octanol–water partition coefficient (Wildman–Crippen LogP) is 3.16. The van der Waals surface area contributed by atoms with Crippen LogP contribution in [-0.4, -0.2) is 37.2 Å².